The average Bonchev–Trinajstić information content (AvgIpc) is 2.59. The summed E-state index contributed by atoms with van der Waals surface area (Å²) in [5.74, 6) is 0.0122. The Morgan fingerprint density at radius 2 is 2.50 bits per heavy atom. The molecule has 0 aliphatic carbocycles. The van der Waals surface area contributed by atoms with Gasteiger partial charge in [0.25, 0.3) is 0 Å². The SMILES string of the molecule is CCC(Br)C(=O)NCc1ccn(C)n1. The zero-order valence-corrected chi connectivity index (χ0v) is 9.91. The van der Waals surface area contributed by atoms with Crippen molar-refractivity contribution >= 4 is 21.8 Å². The topological polar surface area (TPSA) is 46.9 Å². The van der Waals surface area contributed by atoms with Crippen LogP contribution >= 0.6 is 15.9 Å². The minimum absolute atomic E-state index is 0.0122. The fraction of sp³-hybridized carbons (Fsp3) is 0.556. The van der Waals surface area contributed by atoms with Crippen molar-refractivity contribution < 1.29 is 4.79 Å². The second kappa shape index (κ2) is 5.14. The summed E-state index contributed by atoms with van der Waals surface area (Å²) in [5, 5.41) is 6.96. The number of carbonyl (C=O) groups excluding carboxylic acids is 1. The van der Waals surface area contributed by atoms with Gasteiger partial charge in [-0.2, -0.15) is 5.10 Å². The summed E-state index contributed by atoms with van der Waals surface area (Å²) in [5.41, 5.74) is 0.872. The number of amides is 1. The van der Waals surface area contributed by atoms with E-state index in [0.29, 0.717) is 6.54 Å². The molecular weight excluding hydrogens is 246 g/mol. The molecule has 0 spiro atoms. The van der Waals surface area contributed by atoms with Crippen molar-refractivity contribution in [3.63, 3.8) is 0 Å². The Kier molecular flexibility index (Phi) is 4.13. The minimum atomic E-state index is -0.105. The largest absolute Gasteiger partial charge is 0.349 e. The van der Waals surface area contributed by atoms with Gasteiger partial charge in [-0.3, -0.25) is 9.48 Å². The van der Waals surface area contributed by atoms with Gasteiger partial charge in [0.15, 0.2) is 0 Å². The van der Waals surface area contributed by atoms with Crippen LogP contribution in [0.1, 0.15) is 19.0 Å². The van der Waals surface area contributed by atoms with Crippen LogP contribution in [0.25, 0.3) is 0 Å². The van der Waals surface area contributed by atoms with Gasteiger partial charge < -0.3 is 5.32 Å². The molecule has 0 bridgehead atoms. The predicted octanol–water partition coefficient (Wildman–Crippen LogP) is 1.21. The van der Waals surface area contributed by atoms with Crippen LogP contribution in [0, 0.1) is 0 Å². The molecule has 0 aliphatic heterocycles. The van der Waals surface area contributed by atoms with E-state index in [1.165, 1.54) is 0 Å². The molecule has 4 nitrogen and oxygen atoms in total. The minimum Gasteiger partial charge on any atom is -0.349 e. The average molecular weight is 260 g/mol. The zero-order valence-electron chi connectivity index (χ0n) is 8.33. The second-order valence-electron chi connectivity index (χ2n) is 3.07. The van der Waals surface area contributed by atoms with Crippen molar-refractivity contribution in [2.75, 3.05) is 0 Å². The monoisotopic (exact) mass is 259 g/mol. The molecule has 5 heteroatoms. The third-order valence-corrected chi connectivity index (χ3v) is 2.92. The van der Waals surface area contributed by atoms with Crippen molar-refractivity contribution in [3.8, 4) is 0 Å². The van der Waals surface area contributed by atoms with Gasteiger partial charge in [-0.1, -0.05) is 22.9 Å². The van der Waals surface area contributed by atoms with E-state index >= 15 is 0 Å². The van der Waals surface area contributed by atoms with E-state index in [9.17, 15) is 4.79 Å². The molecule has 14 heavy (non-hydrogen) atoms. The van der Waals surface area contributed by atoms with Gasteiger partial charge in [-0.15, -0.1) is 0 Å². The van der Waals surface area contributed by atoms with Gasteiger partial charge in [-0.25, -0.2) is 0 Å². The van der Waals surface area contributed by atoms with E-state index in [2.05, 4.69) is 26.3 Å². The molecule has 0 aliphatic rings. The fourth-order valence-electron chi connectivity index (χ4n) is 1.03. The van der Waals surface area contributed by atoms with Crippen LogP contribution in [0.15, 0.2) is 12.3 Å². The molecular formula is C9H14BrN3O. The summed E-state index contributed by atoms with van der Waals surface area (Å²) in [7, 11) is 1.85. The van der Waals surface area contributed by atoms with Crippen molar-refractivity contribution in [1.29, 1.82) is 0 Å². The molecule has 1 atom stereocenters. The number of nitrogens with one attached hydrogen (secondary N) is 1. The Balaban J connectivity index is 2.37. The molecule has 1 rings (SSSR count). The first-order valence-electron chi connectivity index (χ1n) is 4.53. The van der Waals surface area contributed by atoms with Gasteiger partial charge in [0, 0.05) is 13.2 Å². The maximum atomic E-state index is 11.4. The molecule has 1 unspecified atom stereocenters. The van der Waals surface area contributed by atoms with Crippen LogP contribution in [-0.2, 0) is 18.4 Å². The Labute approximate surface area is 91.8 Å². The number of nitrogens with zero attached hydrogens (tertiary/aromatic N) is 2. The number of halogens is 1. The predicted molar refractivity (Wildman–Crippen MR) is 58.1 cm³/mol. The lowest BCUT2D eigenvalue weighted by Crippen LogP contribution is -2.30. The van der Waals surface area contributed by atoms with E-state index in [1.807, 2.05) is 26.2 Å². The summed E-state index contributed by atoms with van der Waals surface area (Å²) in [4.78, 5) is 11.3. The highest BCUT2D eigenvalue weighted by molar-refractivity contribution is 9.10. The highest BCUT2D eigenvalue weighted by atomic mass is 79.9. The Hall–Kier alpha value is -0.840. The summed E-state index contributed by atoms with van der Waals surface area (Å²) >= 11 is 3.28. The number of carbonyl (C=O) groups is 1. The maximum absolute atomic E-state index is 11.4. The molecule has 0 radical (unpaired) electrons. The summed E-state index contributed by atoms with van der Waals surface area (Å²) in [6, 6.07) is 1.88. The van der Waals surface area contributed by atoms with E-state index in [-0.39, 0.29) is 10.7 Å². The molecule has 0 saturated heterocycles. The number of hydrogen-bond donors (Lipinski definition) is 1. The van der Waals surface area contributed by atoms with E-state index < -0.39 is 0 Å². The van der Waals surface area contributed by atoms with Crippen LogP contribution in [0.2, 0.25) is 0 Å². The highest BCUT2D eigenvalue weighted by Gasteiger charge is 2.11. The molecule has 1 aromatic heterocycles. The van der Waals surface area contributed by atoms with E-state index in [4.69, 9.17) is 0 Å². The molecule has 1 aromatic rings. The van der Waals surface area contributed by atoms with Gasteiger partial charge in [-0.05, 0) is 12.5 Å². The standard InChI is InChI=1S/C9H14BrN3O/c1-3-8(10)9(14)11-6-7-4-5-13(2)12-7/h4-5,8H,3,6H2,1-2H3,(H,11,14). The van der Waals surface area contributed by atoms with Crippen LogP contribution in [0.4, 0.5) is 0 Å². The van der Waals surface area contributed by atoms with Crippen LogP contribution in [0.5, 0.6) is 0 Å². The highest BCUT2D eigenvalue weighted by Crippen LogP contribution is 2.04. The molecule has 78 valence electrons. The zero-order chi connectivity index (χ0) is 10.6. The van der Waals surface area contributed by atoms with Gasteiger partial charge in [0.2, 0.25) is 5.91 Å². The van der Waals surface area contributed by atoms with Crippen molar-refractivity contribution in [2.45, 2.75) is 24.7 Å². The van der Waals surface area contributed by atoms with Gasteiger partial charge in [0.1, 0.15) is 0 Å². The number of aromatic nitrogens is 2. The second-order valence-corrected chi connectivity index (χ2v) is 4.18. The molecule has 0 aromatic carbocycles. The summed E-state index contributed by atoms with van der Waals surface area (Å²) < 4.78 is 1.72. The van der Waals surface area contributed by atoms with Crippen molar-refractivity contribution in [2.24, 2.45) is 7.05 Å². The molecule has 0 saturated carbocycles. The first kappa shape index (κ1) is 11.2. The third kappa shape index (κ3) is 3.14. The summed E-state index contributed by atoms with van der Waals surface area (Å²) in [6.07, 6.45) is 2.64. The Morgan fingerprint density at radius 1 is 1.79 bits per heavy atom. The van der Waals surface area contributed by atoms with Gasteiger partial charge >= 0.3 is 0 Å². The summed E-state index contributed by atoms with van der Waals surface area (Å²) in [6.45, 7) is 2.45. The molecule has 1 N–H and O–H groups in total. The lowest BCUT2D eigenvalue weighted by atomic mass is 10.3. The normalized spacial score (nSPS) is 12.5. The number of hydrogen-bond acceptors (Lipinski definition) is 2. The molecule has 1 heterocycles. The van der Waals surface area contributed by atoms with Crippen LogP contribution in [0.3, 0.4) is 0 Å². The first-order valence-corrected chi connectivity index (χ1v) is 5.45. The van der Waals surface area contributed by atoms with Crippen LogP contribution in [-0.4, -0.2) is 20.5 Å². The first-order chi connectivity index (χ1) is 6.63. The Bertz CT molecular complexity index is 311. The van der Waals surface area contributed by atoms with Crippen LogP contribution < -0.4 is 5.32 Å². The lowest BCUT2D eigenvalue weighted by molar-refractivity contribution is -0.120. The fourth-order valence-corrected chi connectivity index (χ4v) is 1.19. The number of aryl methyl sites for hydroxylation is 1. The Morgan fingerprint density at radius 3 is 3.00 bits per heavy atom. The van der Waals surface area contributed by atoms with Gasteiger partial charge in [0.05, 0.1) is 17.1 Å². The third-order valence-electron chi connectivity index (χ3n) is 1.86. The van der Waals surface area contributed by atoms with E-state index in [1.54, 1.807) is 4.68 Å². The van der Waals surface area contributed by atoms with E-state index in [0.717, 1.165) is 12.1 Å². The number of alkyl halides is 1. The maximum Gasteiger partial charge on any atom is 0.234 e. The molecule has 1 amide bonds. The van der Waals surface area contributed by atoms with Crippen molar-refractivity contribution in [3.05, 3.63) is 18.0 Å². The lowest BCUT2D eigenvalue weighted by Gasteiger charge is -2.06. The smallest absolute Gasteiger partial charge is 0.234 e. The number of rotatable bonds is 4. The van der Waals surface area contributed by atoms with Crippen molar-refractivity contribution in [1.82, 2.24) is 15.1 Å². The molecule has 0 fully saturated rings. The quantitative estimate of drug-likeness (QED) is 0.827.